The number of carbonyl (C=O) groups excluding carboxylic acids is 1. The highest BCUT2D eigenvalue weighted by Crippen LogP contribution is 2.23. The van der Waals surface area contributed by atoms with Crippen molar-refractivity contribution in [2.24, 2.45) is 0 Å². The molecule has 0 saturated carbocycles. The van der Waals surface area contributed by atoms with Gasteiger partial charge in [-0.1, -0.05) is 30.0 Å². The molecule has 2 aromatic carbocycles. The molecule has 0 fully saturated rings. The molecule has 1 amide bonds. The molecule has 3 aromatic rings. The smallest absolute Gasteiger partial charge is 0.276 e. The lowest BCUT2D eigenvalue weighted by Gasteiger charge is -2.06. The van der Waals surface area contributed by atoms with Gasteiger partial charge in [0.25, 0.3) is 16.8 Å². The third-order valence-electron chi connectivity index (χ3n) is 3.85. The van der Waals surface area contributed by atoms with Crippen LogP contribution in [0.3, 0.4) is 0 Å². The SMILES string of the molecule is Cc1c(C(=O)NCc2nnc(SCc3cccc(F)c3)o2)cccc1[N+](=O)[O-]. The quantitative estimate of drug-likeness (QED) is 0.365. The maximum Gasteiger partial charge on any atom is 0.276 e. The molecular weight excluding hydrogens is 387 g/mol. The van der Waals surface area contributed by atoms with Crippen molar-refractivity contribution in [3.8, 4) is 0 Å². The molecule has 0 radical (unpaired) electrons. The Labute approximate surface area is 163 Å². The fraction of sp³-hybridized carbons (Fsp3) is 0.167. The summed E-state index contributed by atoms with van der Waals surface area (Å²) in [5, 5.41) is 21.6. The average molecular weight is 402 g/mol. The van der Waals surface area contributed by atoms with Crippen molar-refractivity contribution >= 4 is 23.4 Å². The van der Waals surface area contributed by atoms with E-state index in [2.05, 4.69) is 15.5 Å². The number of rotatable bonds is 7. The molecule has 3 rings (SSSR count). The van der Waals surface area contributed by atoms with Crippen LogP contribution in [0.5, 0.6) is 0 Å². The first-order chi connectivity index (χ1) is 13.4. The minimum absolute atomic E-state index is 0.0194. The van der Waals surface area contributed by atoms with E-state index < -0.39 is 10.8 Å². The van der Waals surface area contributed by atoms with E-state index in [1.165, 1.54) is 49.0 Å². The molecule has 8 nitrogen and oxygen atoms in total. The van der Waals surface area contributed by atoms with Crippen LogP contribution < -0.4 is 5.32 Å². The standard InChI is InChI=1S/C18H15FN4O4S/c1-11-14(6-3-7-15(11)23(25)26)17(24)20-9-16-21-22-18(27-16)28-10-12-4-2-5-13(19)8-12/h2-8H,9-10H2,1H3,(H,20,24). The average Bonchev–Trinajstić information content (AvgIpc) is 3.12. The Bertz CT molecular complexity index is 1020. The Balaban J connectivity index is 1.58. The number of nitro groups is 1. The van der Waals surface area contributed by atoms with E-state index >= 15 is 0 Å². The summed E-state index contributed by atoms with van der Waals surface area (Å²) in [5.41, 5.74) is 1.14. The van der Waals surface area contributed by atoms with Crippen LogP contribution >= 0.6 is 11.8 Å². The maximum absolute atomic E-state index is 13.2. The lowest BCUT2D eigenvalue weighted by atomic mass is 10.1. The molecule has 0 spiro atoms. The Kier molecular flexibility index (Phi) is 5.99. The van der Waals surface area contributed by atoms with Gasteiger partial charge < -0.3 is 9.73 Å². The highest BCUT2D eigenvalue weighted by molar-refractivity contribution is 7.98. The molecule has 0 unspecified atom stereocenters. The van der Waals surface area contributed by atoms with Crippen molar-refractivity contribution in [3.05, 3.63) is 81.0 Å². The first-order valence-electron chi connectivity index (χ1n) is 8.16. The number of amides is 1. The molecule has 144 valence electrons. The van der Waals surface area contributed by atoms with Gasteiger partial charge in [-0.15, -0.1) is 10.2 Å². The van der Waals surface area contributed by atoms with Gasteiger partial charge in [-0.2, -0.15) is 0 Å². The second-order valence-electron chi connectivity index (χ2n) is 5.77. The zero-order valence-corrected chi connectivity index (χ0v) is 15.5. The predicted molar refractivity (Wildman–Crippen MR) is 99.3 cm³/mol. The van der Waals surface area contributed by atoms with Gasteiger partial charge in [0.05, 0.1) is 11.5 Å². The Hall–Kier alpha value is -3.27. The Morgan fingerprint density at radius 2 is 2.07 bits per heavy atom. The van der Waals surface area contributed by atoms with Crippen LogP contribution in [0, 0.1) is 22.9 Å². The lowest BCUT2D eigenvalue weighted by molar-refractivity contribution is -0.385. The Morgan fingerprint density at radius 1 is 1.29 bits per heavy atom. The highest BCUT2D eigenvalue weighted by Gasteiger charge is 2.18. The molecule has 10 heteroatoms. The molecule has 1 N–H and O–H groups in total. The molecule has 0 aliphatic rings. The third kappa shape index (κ3) is 4.71. The normalized spacial score (nSPS) is 10.6. The van der Waals surface area contributed by atoms with E-state index in [-0.39, 0.29) is 35.1 Å². The van der Waals surface area contributed by atoms with Crippen LogP contribution in [0.4, 0.5) is 10.1 Å². The van der Waals surface area contributed by atoms with Gasteiger partial charge in [-0.3, -0.25) is 14.9 Å². The number of hydrogen-bond donors (Lipinski definition) is 1. The monoisotopic (exact) mass is 402 g/mol. The summed E-state index contributed by atoms with van der Waals surface area (Å²) in [5.74, 6) is -0.145. The summed E-state index contributed by atoms with van der Waals surface area (Å²) in [6, 6.07) is 10.5. The van der Waals surface area contributed by atoms with E-state index in [4.69, 9.17) is 4.42 Å². The molecular formula is C18H15FN4O4S. The van der Waals surface area contributed by atoms with Crippen molar-refractivity contribution in [1.82, 2.24) is 15.5 Å². The number of carbonyl (C=O) groups is 1. The van der Waals surface area contributed by atoms with Gasteiger partial charge in [0, 0.05) is 22.9 Å². The molecule has 0 aliphatic carbocycles. The maximum atomic E-state index is 13.2. The van der Waals surface area contributed by atoms with Crippen molar-refractivity contribution in [3.63, 3.8) is 0 Å². The van der Waals surface area contributed by atoms with Crippen LogP contribution in [0.1, 0.15) is 27.4 Å². The van der Waals surface area contributed by atoms with Gasteiger partial charge in [-0.25, -0.2) is 4.39 Å². The van der Waals surface area contributed by atoms with Crippen molar-refractivity contribution in [1.29, 1.82) is 0 Å². The van der Waals surface area contributed by atoms with Gasteiger partial charge in [0.15, 0.2) is 0 Å². The number of nitrogens with zero attached hydrogens (tertiary/aromatic N) is 3. The molecule has 0 aliphatic heterocycles. The van der Waals surface area contributed by atoms with Crippen molar-refractivity contribution in [2.75, 3.05) is 0 Å². The number of aromatic nitrogens is 2. The van der Waals surface area contributed by atoms with Crippen molar-refractivity contribution in [2.45, 2.75) is 24.4 Å². The topological polar surface area (TPSA) is 111 Å². The van der Waals surface area contributed by atoms with E-state index in [0.29, 0.717) is 11.0 Å². The summed E-state index contributed by atoms with van der Waals surface area (Å²) in [6.45, 7) is 1.50. The van der Waals surface area contributed by atoms with Crippen LogP contribution in [0.25, 0.3) is 0 Å². The number of hydrogen-bond acceptors (Lipinski definition) is 7. The van der Waals surface area contributed by atoms with Gasteiger partial charge >= 0.3 is 0 Å². The second-order valence-corrected chi connectivity index (χ2v) is 6.70. The number of nitro benzene ring substituents is 1. The third-order valence-corrected chi connectivity index (χ3v) is 4.74. The van der Waals surface area contributed by atoms with E-state index in [1.54, 1.807) is 12.1 Å². The first-order valence-corrected chi connectivity index (χ1v) is 9.14. The molecule has 1 heterocycles. The zero-order chi connectivity index (χ0) is 20.1. The summed E-state index contributed by atoms with van der Waals surface area (Å²) in [4.78, 5) is 22.7. The van der Waals surface area contributed by atoms with Gasteiger partial charge in [0.2, 0.25) is 5.89 Å². The summed E-state index contributed by atoms with van der Waals surface area (Å²) >= 11 is 1.25. The van der Waals surface area contributed by atoms with Crippen LogP contribution in [-0.2, 0) is 12.3 Å². The predicted octanol–water partition coefficient (Wildman–Crippen LogP) is 3.65. The van der Waals surface area contributed by atoms with Crippen LogP contribution in [0.2, 0.25) is 0 Å². The minimum Gasteiger partial charge on any atom is -0.414 e. The number of halogens is 1. The van der Waals surface area contributed by atoms with Crippen LogP contribution in [0.15, 0.2) is 52.1 Å². The molecule has 0 saturated heterocycles. The van der Waals surface area contributed by atoms with Gasteiger partial charge in [-0.05, 0) is 30.7 Å². The van der Waals surface area contributed by atoms with E-state index in [9.17, 15) is 19.3 Å². The van der Waals surface area contributed by atoms with Crippen molar-refractivity contribution < 1.29 is 18.5 Å². The number of thioether (sulfide) groups is 1. The Morgan fingerprint density at radius 3 is 2.82 bits per heavy atom. The van der Waals surface area contributed by atoms with Crippen LogP contribution in [-0.4, -0.2) is 21.0 Å². The summed E-state index contributed by atoms with van der Waals surface area (Å²) in [7, 11) is 0. The fourth-order valence-corrected chi connectivity index (χ4v) is 3.18. The number of nitrogens with one attached hydrogen (secondary N) is 1. The molecule has 28 heavy (non-hydrogen) atoms. The highest BCUT2D eigenvalue weighted by atomic mass is 32.2. The fourth-order valence-electron chi connectivity index (χ4n) is 2.46. The molecule has 1 aromatic heterocycles. The first kappa shape index (κ1) is 19.5. The molecule has 0 bridgehead atoms. The summed E-state index contributed by atoms with van der Waals surface area (Å²) < 4.78 is 18.6. The zero-order valence-electron chi connectivity index (χ0n) is 14.7. The van der Waals surface area contributed by atoms with Gasteiger partial charge in [0.1, 0.15) is 5.82 Å². The summed E-state index contributed by atoms with van der Waals surface area (Å²) in [6.07, 6.45) is 0. The lowest BCUT2D eigenvalue weighted by Crippen LogP contribution is -2.24. The van der Waals surface area contributed by atoms with E-state index in [0.717, 1.165) is 5.56 Å². The minimum atomic E-state index is -0.535. The van der Waals surface area contributed by atoms with E-state index in [1.807, 2.05) is 0 Å². The largest absolute Gasteiger partial charge is 0.414 e. The number of benzene rings is 2. The second kappa shape index (κ2) is 8.61. The molecule has 0 atom stereocenters.